The second-order valence-corrected chi connectivity index (χ2v) is 6.00. The van der Waals surface area contributed by atoms with Crippen molar-refractivity contribution < 1.29 is 4.21 Å². The molecule has 1 fully saturated rings. The highest BCUT2D eigenvalue weighted by Gasteiger charge is 2.22. The van der Waals surface area contributed by atoms with Crippen LogP contribution in [0.3, 0.4) is 0 Å². The van der Waals surface area contributed by atoms with Gasteiger partial charge in [-0.1, -0.05) is 0 Å². The normalized spacial score (nSPS) is 21.7. The molecular formula is C9H14BrN3OS. The first-order valence-corrected chi connectivity index (χ1v) is 7.26. The average molecular weight is 292 g/mol. The van der Waals surface area contributed by atoms with Gasteiger partial charge in [0.25, 0.3) is 0 Å². The van der Waals surface area contributed by atoms with Gasteiger partial charge in [-0.05, 0) is 28.8 Å². The Hall–Kier alpha value is -0.200. The fourth-order valence-electron chi connectivity index (χ4n) is 1.88. The summed E-state index contributed by atoms with van der Waals surface area (Å²) in [4.78, 5) is 0. The van der Waals surface area contributed by atoms with Crippen LogP contribution >= 0.6 is 15.9 Å². The third-order valence-corrected chi connectivity index (χ3v) is 4.23. The molecule has 0 amide bonds. The Balaban J connectivity index is 1.96. The predicted molar refractivity (Wildman–Crippen MR) is 63.8 cm³/mol. The third-order valence-electron chi connectivity index (χ3n) is 2.73. The van der Waals surface area contributed by atoms with Crippen LogP contribution in [0.5, 0.6) is 0 Å². The van der Waals surface area contributed by atoms with E-state index in [1.807, 2.05) is 21.4 Å². The van der Waals surface area contributed by atoms with Crippen molar-refractivity contribution in [2.75, 3.05) is 19.3 Å². The second kappa shape index (κ2) is 4.76. The molecule has 1 unspecified atom stereocenters. The van der Waals surface area contributed by atoms with Gasteiger partial charge in [0.15, 0.2) is 0 Å². The maximum atomic E-state index is 11.3. The van der Waals surface area contributed by atoms with E-state index in [-0.39, 0.29) is 0 Å². The van der Waals surface area contributed by atoms with Gasteiger partial charge in [0.1, 0.15) is 0 Å². The van der Waals surface area contributed by atoms with Crippen molar-refractivity contribution in [1.29, 1.82) is 0 Å². The predicted octanol–water partition coefficient (Wildman–Crippen LogP) is 1.58. The Morgan fingerprint density at radius 3 is 2.67 bits per heavy atom. The Kier molecular flexibility index (Phi) is 3.58. The maximum absolute atomic E-state index is 11.3. The summed E-state index contributed by atoms with van der Waals surface area (Å²) in [7, 11) is -0.824. The lowest BCUT2D eigenvalue weighted by Gasteiger charge is -2.29. The standard InChI is InChI=1S/C9H14BrN3OS/c1-15(14)12-4-2-9(3-5-12)13-7-8(10)6-11-13/h6-7,9H,2-5H2,1H3. The molecule has 1 aromatic rings. The van der Waals surface area contributed by atoms with Crippen LogP contribution in [0.4, 0.5) is 0 Å². The number of aromatic nitrogens is 2. The molecule has 2 heterocycles. The highest BCUT2D eigenvalue weighted by molar-refractivity contribution is 9.10. The van der Waals surface area contributed by atoms with Crippen molar-refractivity contribution in [3.05, 3.63) is 16.9 Å². The quantitative estimate of drug-likeness (QED) is 0.830. The van der Waals surface area contributed by atoms with E-state index in [1.54, 1.807) is 6.26 Å². The van der Waals surface area contributed by atoms with Gasteiger partial charge in [0.2, 0.25) is 0 Å². The van der Waals surface area contributed by atoms with E-state index < -0.39 is 11.0 Å². The molecule has 0 N–H and O–H groups in total. The molecule has 15 heavy (non-hydrogen) atoms. The smallest absolute Gasteiger partial charge is 0.0910 e. The van der Waals surface area contributed by atoms with Crippen molar-refractivity contribution in [3.63, 3.8) is 0 Å². The molecule has 0 bridgehead atoms. The summed E-state index contributed by atoms with van der Waals surface area (Å²) >= 11 is 3.39. The minimum Gasteiger partial charge on any atom is -0.268 e. The highest BCUT2D eigenvalue weighted by atomic mass is 79.9. The van der Waals surface area contributed by atoms with Crippen molar-refractivity contribution in [3.8, 4) is 0 Å². The van der Waals surface area contributed by atoms with Gasteiger partial charge in [-0.2, -0.15) is 5.10 Å². The molecule has 4 nitrogen and oxygen atoms in total. The number of rotatable bonds is 2. The SMILES string of the molecule is CS(=O)N1CCC(n2cc(Br)cn2)CC1. The molecule has 1 aliphatic rings. The number of hydrogen-bond donors (Lipinski definition) is 0. The number of nitrogens with zero attached hydrogens (tertiary/aromatic N) is 3. The van der Waals surface area contributed by atoms with E-state index in [2.05, 4.69) is 21.0 Å². The van der Waals surface area contributed by atoms with Gasteiger partial charge >= 0.3 is 0 Å². The van der Waals surface area contributed by atoms with Crippen LogP contribution in [-0.2, 0) is 11.0 Å². The molecule has 0 aromatic carbocycles. The van der Waals surface area contributed by atoms with Gasteiger partial charge in [-0.3, -0.25) is 4.68 Å². The van der Waals surface area contributed by atoms with Gasteiger partial charge in [-0.25, -0.2) is 8.51 Å². The van der Waals surface area contributed by atoms with E-state index in [0.717, 1.165) is 30.4 Å². The van der Waals surface area contributed by atoms with E-state index >= 15 is 0 Å². The van der Waals surface area contributed by atoms with E-state index in [1.165, 1.54) is 0 Å². The first-order chi connectivity index (χ1) is 7.16. The van der Waals surface area contributed by atoms with Gasteiger partial charge < -0.3 is 0 Å². The zero-order valence-electron chi connectivity index (χ0n) is 8.60. The molecule has 0 spiro atoms. The van der Waals surface area contributed by atoms with Crippen LogP contribution in [-0.4, -0.2) is 37.6 Å². The Morgan fingerprint density at radius 2 is 2.20 bits per heavy atom. The number of hydrogen-bond acceptors (Lipinski definition) is 2. The third kappa shape index (κ3) is 2.68. The fourth-order valence-corrected chi connectivity index (χ4v) is 2.90. The van der Waals surface area contributed by atoms with Crippen molar-refractivity contribution in [1.82, 2.24) is 14.1 Å². The first kappa shape index (κ1) is 11.3. The lowest BCUT2D eigenvalue weighted by atomic mass is 10.1. The highest BCUT2D eigenvalue weighted by Crippen LogP contribution is 2.23. The lowest BCUT2D eigenvalue weighted by molar-refractivity contribution is 0.270. The molecule has 0 saturated carbocycles. The zero-order valence-corrected chi connectivity index (χ0v) is 11.0. The van der Waals surface area contributed by atoms with E-state index in [0.29, 0.717) is 6.04 Å². The lowest BCUT2D eigenvalue weighted by Crippen LogP contribution is -2.35. The zero-order chi connectivity index (χ0) is 10.8. The first-order valence-electron chi connectivity index (χ1n) is 4.95. The molecule has 0 radical (unpaired) electrons. The maximum Gasteiger partial charge on any atom is 0.0910 e. The van der Waals surface area contributed by atoms with Crippen LogP contribution in [0.25, 0.3) is 0 Å². The Morgan fingerprint density at radius 1 is 1.53 bits per heavy atom. The van der Waals surface area contributed by atoms with Crippen LogP contribution in [0, 0.1) is 0 Å². The molecule has 1 aromatic heterocycles. The summed E-state index contributed by atoms with van der Waals surface area (Å²) in [6, 6.07) is 0.455. The summed E-state index contributed by atoms with van der Waals surface area (Å²) in [5.74, 6) is 0. The number of piperidine rings is 1. The summed E-state index contributed by atoms with van der Waals surface area (Å²) in [6.07, 6.45) is 7.60. The molecule has 1 atom stereocenters. The largest absolute Gasteiger partial charge is 0.268 e. The molecule has 2 rings (SSSR count). The van der Waals surface area contributed by atoms with E-state index in [9.17, 15) is 4.21 Å². The summed E-state index contributed by atoms with van der Waals surface area (Å²) in [5.41, 5.74) is 0. The fraction of sp³-hybridized carbons (Fsp3) is 0.667. The van der Waals surface area contributed by atoms with Crippen LogP contribution in [0.1, 0.15) is 18.9 Å². The van der Waals surface area contributed by atoms with Gasteiger partial charge in [0.05, 0.1) is 27.7 Å². The molecule has 6 heteroatoms. The Bertz CT molecular complexity index is 360. The molecule has 84 valence electrons. The van der Waals surface area contributed by atoms with Crippen LogP contribution in [0.2, 0.25) is 0 Å². The Labute approximate surface area is 100 Å². The summed E-state index contributed by atoms with van der Waals surface area (Å²) in [6.45, 7) is 1.79. The van der Waals surface area contributed by atoms with E-state index in [4.69, 9.17) is 0 Å². The monoisotopic (exact) mass is 291 g/mol. The molecule has 1 aliphatic heterocycles. The minimum atomic E-state index is -0.824. The average Bonchev–Trinajstić information content (AvgIpc) is 2.65. The van der Waals surface area contributed by atoms with Crippen molar-refractivity contribution in [2.45, 2.75) is 18.9 Å². The van der Waals surface area contributed by atoms with Crippen LogP contribution < -0.4 is 0 Å². The van der Waals surface area contributed by atoms with Crippen molar-refractivity contribution >= 4 is 26.9 Å². The molecule has 1 saturated heterocycles. The van der Waals surface area contributed by atoms with Crippen molar-refractivity contribution in [2.24, 2.45) is 0 Å². The summed E-state index contributed by atoms with van der Waals surface area (Å²) in [5, 5.41) is 4.28. The summed E-state index contributed by atoms with van der Waals surface area (Å²) < 4.78 is 16.3. The topological polar surface area (TPSA) is 38.1 Å². The van der Waals surface area contributed by atoms with Gasteiger partial charge in [0, 0.05) is 25.5 Å². The van der Waals surface area contributed by atoms with Gasteiger partial charge in [-0.15, -0.1) is 0 Å². The molecular weight excluding hydrogens is 278 g/mol. The second-order valence-electron chi connectivity index (χ2n) is 3.72. The minimum absolute atomic E-state index is 0.455. The van der Waals surface area contributed by atoms with Crippen LogP contribution in [0.15, 0.2) is 16.9 Å². The molecule has 0 aliphatic carbocycles. The number of halogens is 1.